The Morgan fingerprint density at radius 2 is 2.44 bits per heavy atom. The Hall–Kier alpha value is -1.06. The first-order valence-electron chi connectivity index (χ1n) is 2.65. The lowest BCUT2D eigenvalue weighted by molar-refractivity contribution is 0.159. The van der Waals surface area contributed by atoms with E-state index >= 15 is 0 Å². The highest BCUT2D eigenvalue weighted by Crippen LogP contribution is 1.76. The van der Waals surface area contributed by atoms with Crippen molar-refractivity contribution in [3.8, 4) is 0 Å². The summed E-state index contributed by atoms with van der Waals surface area (Å²) in [5.41, 5.74) is 0.541. The first kappa shape index (κ1) is 7.94. The van der Waals surface area contributed by atoms with Crippen molar-refractivity contribution in [2.45, 2.75) is 13.8 Å². The molecular weight excluding hydrogens is 120 g/mol. The minimum atomic E-state index is 0.524. The normalized spacial score (nSPS) is 12.4. The second kappa shape index (κ2) is 5.08. The van der Waals surface area contributed by atoms with Gasteiger partial charge in [0.25, 0.3) is 0 Å². The third kappa shape index (κ3) is 4.80. The van der Waals surface area contributed by atoms with E-state index in [1.807, 2.05) is 6.92 Å². The highest BCUT2D eigenvalue weighted by molar-refractivity contribution is 6.29. The first-order valence-corrected chi connectivity index (χ1v) is 2.65. The van der Waals surface area contributed by atoms with Crippen LogP contribution >= 0.6 is 0 Å². The van der Waals surface area contributed by atoms with Crippen LogP contribution < -0.4 is 0 Å². The molecule has 0 atom stereocenters. The van der Waals surface area contributed by atoms with E-state index in [9.17, 15) is 0 Å². The quantitative estimate of drug-likeness (QED) is 0.350. The number of hydrogen-bond donors (Lipinski definition) is 1. The molecule has 0 saturated heterocycles. The van der Waals surface area contributed by atoms with Gasteiger partial charge in [-0.2, -0.15) is 0 Å². The van der Waals surface area contributed by atoms with Gasteiger partial charge in [-0.05, 0) is 13.8 Å². The Bertz CT molecular complexity index is 120. The smallest absolute Gasteiger partial charge is 0.114 e. The van der Waals surface area contributed by atoms with Gasteiger partial charge >= 0.3 is 0 Å². The van der Waals surface area contributed by atoms with Gasteiger partial charge in [0, 0.05) is 0 Å². The molecule has 0 aromatic heterocycles. The van der Waals surface area contributed by atoms with E-state index in [1.165, 1.54) is 6.21 Å². The van der Waals surface area contributed by atoms with E-state index < -0.39 is 0 Å². The van der Waals surface area contributed by atoms with Crippen LogP contribution in [0.4, 0.5) is 0 Å². The molecule has 0 aromatic rings. The molecule has 9 heavy (non-hydrogen) atoms. The minimum Gasteiger partial charge on any atom is -0.411 e. The monoisotopic (exact) mass is 130 g/mol. The zero-order valence-corrected chi connectivity index (χ0v) is 5.53. The lowest BCUT2D eigenvalue weighted by atomic mass is 10.5. The predicted molar refractivity (Wildman–Crippen MR) is 35.0 cm³/mol. The Labute approximate surface area is 53.8 Å². The van der Waals surface area contributed by atoms with E-state index in [4.69, 9.17) is 5.21 Å². The van der Waals surface area contributed by atoms with Crippen molar-refractivity contribution in [2.24, 2.45) is 10.3 Å². The molecule has 4 nitrogen and oxygen atoms in total. The molecule has 0 aliphatic rings. The van der Waals surface area contributed by atoms with E-state index in [0.717, 1.165) is 0 Å². The van der Waals surface area contributed by atoms with E-state index in [2.05, 4.69) is 15.1 Å². The van der Waals surface area contributed by atoms with Crippen LogP contribution in [0.25, 0.3) is 0 Å². The largest absolute Gasteiger partial charge is 0.411 e. The molecule has 0 saturated carbocycles. The van der Waals surface area contributed by atoms with Crippen molar-refractivity contribution < 1.29 is 10.0 Å². The van der Waals surface area contributed by atoms with Crippen molar-refractivity contribution in [2.75, 3.05) is 6.61 Å². The molecule has 0 amide bonds. The van der Waals surface area contributed by atoms with Gasteiger partial charge in [0.2, 0.25) is 0 Å². The van der Waals surface area contributed by atoms with Crippen molar-refractivity contribution in [1.29, 1.82) is 0 Å². The summed E-state index contributed by atoms with van der Waals surface area (Å²) in [6.07, 6.45) is 1.20. The van der Waals surface area contributed by atoms with Crippen molar-refractivity contribution >= 4 is 11.9 Å². The number of rotatable bonds is 3. The summed E-state index contributed by atoms with van der Waals surface area (Å²) < 4.78 is 0. The van der Waals surface area contributed by atoms with Crippen LogP contribution in [0.5, 0.6) is 0 Å². The third-order valence-electron chi connectivity index (χ3n) is 0.582. The highest BCUT2D eigenvalue weighted by Gasteiger charge is 1.81. The van der Waals surface area contributed by atoms with Gasteiger partial charge in [-0.3, -0.25) is 0 Å². The number of nitrogens with zero attached hydrogens (tertiary/aromatic N) is 2. The number of hydrogen-bond acceptors (Lipinski definition) is 4. The first-order chi connectivity index (χ1) is 4.31. The Morgan fingerprint density at radius 1 is 1.78 bits per heavy atom. The summed E-state index contributed by atoms with van der Waals surface area (Å²) in [7, 11) is 0. The molecular formula is C5H10N2O2. The topological polar surface area (TPSA) is 54.2 Å². The van der Waals surface area contributed by atoms with Gasteiger partial charge in [0.1, 0.15) is 6.61 Å². The molecule has 0 fully saturated rings. The molecule has 0 radical (unpaired) electrons. The van der Waals surface area contributed by atoms with Crippen molar-refractivity contribution in [3.05, 3.63) is 0 Å². The lowest BCUT2D eigenvalue weighted by Crippen LogP contribution is -1.93. The number of oxime groups is 2. The Morgan fingerprint density at radius 3 is 2.89 bits per heavy atom. The molecule has 0 heterocycles. The molecule has 1 N–H and O–H groups in total. The fourth-order valence-corrected chi connectivity index (χ4v) is 0.273. The molecule has 0 aliphatic heterocycles. The van der Waals surface area contributed by atoms with E-state index in [1.54, 1.807) is 6.92 Å². The van der Waals surface area contributed by atoms with Crippen LogP contribution in [-0.4, -0.2) is 23.7 Å². The SMILES string of the molecule is CCON=C(C)C=NO. The van der Waals surface area contributed by atoms with Crippen molar-refractivity contribution in [3.63, 3.8) is 0 Å². The molecule has 0 unspecified atom stereocenters. The molecule has 0 spiro atoms. The zero-order valence-electron chi connectivity index (χ0n) is 5.53. The van der Waals surface area contributed by atoms with Gasteiger partial charge in [0.05, 0.1) is 11.9 Å². The molecule has 0 aliphatic carbocycles. The van der Waals surface area contributed by atoms with Crippen molar-refractivity contribution in [1.82, 2.24) is 0 Å². The molecule has 0 bridgehead atoms. The van der Waals surface area contributed by atoms with Crippen LogP contribution in [0, 0.1) is 0 Å². The van der Waals surface area contributed by atoms with Gasteiger partial charge in [-0.15, -0.1) is 0 Å². The van der Waals surface area contributed by atoms with Crippen LogP contribution in [-0.2, 0) is 4.84 Å². The van der Waals surface area contributed by atoms with Crippen LogP contribution in [0.15, 0.2) is 10.3 Å². The van der Waals surface area contributed by atoms with Crippen LogP contribution in [0.2, 0.25) is 0 Å². The summed E-state index contributed by atoms with van der Waals surface area (Å²) >= 11 is 0. The summed E-state index contributed by atoms with van der Waals surface area (Å²) in [4.78, 5) is 4.63. The fraction of sp³-hybridized carbons (Fsp3) is 0.600. The van der Waals surface area contributed by atoms with Gasteiger partial charge in [-0.25, -0.2) is 0 Å². The lowest BCUT2D eigenvalue weighted by Gasteiger charge is -1.90. The highest BCUT2D eigenvalue weighted by atomic mass is 16.6. The molecule has 0 aromatic carbocycles. The van der Waals surface area contributed by atoms with Crippen LogP contribution in [0.1, 0.15) is 13.8 Å². The molecule has 0 rings (SSSR count). The fourth-order valence-electron chi connectivity index (χ4n) is 0.273. The maximum absolute atomic E-state index is 7.97. The van der Waals surface area contributed by atoms with E-state index in [-0.39, 0.29) is 0 Å². The van der Waals surface area contributed by atoms with E-state index in [0.29, 0.717) is 12.3 Å². The minimum absolute atomic E-state index is 0.524. The zero-order chi connectivity index (χ0) is 7.11. The van der Waals surface area contributed by atoms with Gasteiger partial charge in [0.15, 0.2) is 0 Å². The maximum Gasteiger partial charge on any atom is 0.114 e. The summed E-state index contributed by atoms with van der Waals surface area (Å²) in [6, 6.07) is 0. The summed E-state index contributed by atoms with van der Waals surface area (Å²) in [5, 5.41) is 14.3. The average Bonchev–Trinajstić information content (AvgIpc) is 1.85. The molecule has 52 valence electrons. The van der Waals surface area contributed by atoms with Gasteiger partial charge < -0.3 is 10.0 Å². The predicted octanol–water partition coefficient (Wildman–Crippen LogP) is 0.859. The Balaban J connectivity index is 3.55. The second-order valence-corrected chi connectivity index (χ2v) is 1.40. The second-order valence-electron chi connectivity index (χ2n) is 1.40. The standard InChI is InChI=1S/C5H10N2O2/c1-3-9-7-5(2)4-6-8/h4,8H,3H2,1-2H3. The third-order valence-corrected chi connectivity index (χ3v) is 0.582. The van der Waals surface area contributed by atoms with Crippen LogP contribution in [0.3, 0.4) is 0 Å². The maximum atomic E-state index is 7.97. The average molecular weight is 130 g/mol. The summed E-state index contributed by atoms with van der Waals surface area (Å²) in [6.45, 7) is 4.03. The summed E-state index contributed by atoms with van der Waals surface area (Å²) in [5.74, 6) is 0. The Kier molecular flexibility index (Phi) is 4.49. The molecule has 4 heteroatoms. The van der Waals surface area contributed by atoms with Gasteiger partial charge in [-0.1, -0.05) is 10.3 Å².